The highest BCUT2D eigenvalue weighted by Gasteiger charge is 2.51. The molecule has 1 atom stereocenters. The second-order valence-electron chi connectivity index (χ2n) is 12.7. The van der Waals surface area contributed by atoms with Crippen LogP contribution in [0.2, 0.25) is 0 Å². The van der Waals surface area contributed by atoms with E-state index in [-0.39, 0.29) is 5.91 Å². The average molecular weight is 630 g/mol. The summed E-state index contributed by atoms with van der Waals surface area (Å²) in [5.74, 6) is 0.612. The highest BCUT2D eigenvalue weighted by atomic mass is 16.2. The Labute approximate surface area is 276 Å². The van der Waals surface area contributed by atoms with Crippen LogP contribution in [0, 0.1) is 17.7 Å². The van der Waals surface area contributed by atoms with Crippen molar-refractivity contribution in [2.75, 3.05) is 56.9 Å². The van der Waals surface area contributed by atoms with Gasteiger partial charge in [-0.1, -0.05) is 36.9 Å². The first-order valence-electron chi connectivity index (χ1n) is 16.1. The van der Waals surface area contributed by atoms with E-state index in [9.17, 15) is 4.79 Å². The average Bonchev–Trinajstić information content (AvgIpc) is 3.65. The Morgan fingerprint density at radius 2 is 1.87 bits per heavy atom. The van der Waals surface area contributed by atoms with Crippen LogP contribution < -0.4 is 16.4 Å². The summed E-state index contributed by atoms with van der Waals surface area (Å²) in [4.78, 5) is 32.8. The van der Waals surface area contributed by atoms with Crippen molar-refractivity contribution in [2.24, 2.45) is 21.1 Å². The van der Waals surface area contributed by atoms with Gasteiger partial charge in [-0.2, -0.15) is 0 Å². The third-order valence-corrected chi connectivity index (χ3v) is 9.68. The normalized spacial score (nSPS) is 20.4. The second-order valence-corrected chi connectivity index (χ2v) is 12.7. The number of aliphatic imine (C=N–C) groups is 2. The summed E-state index contributed by atoms with van der Waals surface area (Å²) in [5, 5.41) is 8.81. The zero-order valence-electron chi connectivity index (χ0n) is 27.2. The van der Waals surface area contributed by atoms with Gasteiger partial charge in [0.25, 0.3) is 0 Å². The molecule has 0 saturated carbocycles. The summed E-state index contributed by atoms with van der Waals surface area (Å²) < 4.78 is 0. The van der Waals surface area contributed by atoms with E-state index in [0.717, 1.165) is 80.2 Å². The number of nitrogens with zero attached hydrogens (tertiary/aromatic N) is 6. The molecule has 6 rings (SSSR count). The molecule has 0 unspecified atom stereocenters. The molecule has 2 aromatic carbocycles. The predicted molar refractivity (Wildman–Crippen MR) is 191 cm³/mol. The molecule has 5 N–H and O–H groups in total. The molecule has 4 heterocycles. The molecule has 2 saturated heterocycles. The maximum absolute atomic E-state index is 14.0. The first-order chi connectivity index (χ1) is 22.7. The first-order valence-corrected chi connectivity index (χ1v) is 16.1. The van der Waals surface area contributed by atoms with Gasteiger partial charge in [0.05, 0.1) is 11.1 Å². The number of benzene rings is 2. The molecule has 3 aliphatic rings. The number of nitrogens with one attached hydrogen (secondary N) is 1. The Hall–Kier alpha value is -5.09. The van der Waals surface area contributed by atoms with Gasteiger partial charge in [0.2, 0.25) is 5.91 Å². The molecule has 3 aromatic rings. The predicted octanol–water partition coefficient (Wildman–Crippen LogP) is 4.48. The number of likely N-dealkylation sites (tertiary alicyclic amines) is 1. The SMILES string of the molecule is C=C(CN1CC[C@]2(CCN(c3ccc(N)c(C(=N)c4ccnc(C)c4)c3)C2=O)C1)N1CC=C(c2ccc(C(N)=NC=NC)cc2)CC1. The standard InChI is InChI=1S/C37H43N9O/c1-25-20-30(10-15-42-25)34(39)32-21-31(8-9-33(32)38)46-19-14-37(36(46)47)13-18-44(23-37)22-26(2)45-16-11-28(12-17-45)27-4-6-29(7-5-27)35(40)43-24-41-3/h4-11,15,20-21,24,39H,2,12-14,16-19,22-23,38H2,1,3H3,(H2,40,41,43)/t37-/m0/s1. The van der Waals surface area contributed by atoms with Gasteiger partial charge in [0.1, 0.15) is 12.2 Å². The number of anilines is 2. The van der Waals surface area contributed by atoms with Gasteiger partial charge < -0.3 is 21.3 Å². The third-order valence-electron chi connectivity index (χ3n) is 9.68. The van der Waals surface area contributed by atoms with Crippen molar-refractivity contribution >= 4 is 40.7 Å². The van der Waals surface area contributed by atoms with Crippen molar-refractivity contribution in [1.29, 1.82) is 5.41 Å². The Kier molecular flexibility index (Phi) is 9.04. The molecule has 47 heavy (non-hydrogen) atoms. The second kappa shape index (κ2) is 13.3. The number of aryl methyl sites for hydroxylation is 1. The van der Waals surface area contributed by atoms with Crippen LogP contribution in [0.5, 0.6) is 0 Å². The van der Waals surface area contributed by atoms with Crippen molar-refractivity contribution in [3.05, 3.63) is 107 Å². The monoisotopic (exact) mass is 629 g/mol. The molecular formula is C37H43N9O. The third kappa shape index (κ3) is 6.59. The lowest BCUT2D eigenvalue weighted by atomic mass is 9.85. The van der Waals surface area contributed by atoms with Gasteiger partial charge in [0, 0.05) is 85.4 Å². The van der Waals surface area contributed by atoms with Crippen LogP contribution in [-0.2, 0) is 4.79 Å². The largest absolute Gasteiger partial charge is 0.398 e. The number of pyridine rings is 1. The molecule has 1 spiro atoms. The van der Waals surface area contributed by atoms with Crippen molar-refractivity contribution in [3.8, 4) is 0 Å². The first kappa shape index (κ1) is 31.9. The Bertz CT molecular complexity index is 1790. The fourth-order valence-corrected chi connectivity index (χ4v) is 6.95. The Balaban J connectivity index is 1.06. The van der Waals surface area contributed by atoms with E-state index in [1.54, 1.807) is 19.3 Å². The molecule has 2 fully saturated rings. The molecule has 242 valence electrons. The fraction of sp³-hybridized carbons (Fsp3) is 0.324. The number of nitrogens with two attached hydrogens (primary N) is 2. The van der Waals surface area contributed by atoms with E-state index in [4.69, 9.17) is 16.9 Å². The molecule has 0 aliphatic carbocycles. The zero-order valence-corrected chi connectivity index (χ0v) is 27.2. The van der Waals surface area contributed by atoms with Crippen LogP contribution in [0.4, 0.5) is 11.4 Å². The fourth-order valence-electron chi connectivity index (χ4n) is 6.95. The van der Waals surface area contributed by atoms with E-state index in [0.29, 0.717) is 29.3 Å². The van der Waals surface area contributed by atoms with Crippen LogP contribution in [-0.4, -0.2) is 84.9 Å². The topological polar surface area (TPSA) is 140 Å². The van der Waals surface area contributed by atoms with Crippen molar-refractivity contribution < 1.29 is 4.79 Å². The number of hydrogen-bond acceptors (Lipinski definition) is 7. The molecule has 1 amide bonds. The summed E-state index contributed by atoms with van der Waals surface area (Å²) in [6.07, 6.45) is 8.02. The van der Waals surface area contributed by atoms with E-state index >= 15 is 0 Å². The highest BCUT2D eigenvalue weighted by Crippen LogP contribution is 2.43. The maximum Gasteiger partial charge on any atom is 0.234 e. The highest BCUT2D eigenvalue weighted by molar-refractivity contribution is 6.14. The molecule has 0 bridgehead atoms. The minimum absolute atomic E-state index is 0.163. The van der Waals surface area contributed by atoms with E-state index in [2.05, 4.69) is 49.6 Å². The molecule has 1 aromatic heterocycles. The number of amidine groups is 1. The van der Waals surface area contributed by atoms with Gasteiger partial charge in [-0.3, -0.25) is 25.1 Å². The lowest BCUT2D eigenvalue weighted by Gasteiger charge is -2.32. The summed E-state index contributed by atoms with van der Waals surface area (Å²) in [7, 11) is 1.67. The number of nitrogen functional groups attached to an aromatic ring is 1. The van der Waals surface area contributed by atoms with Gasteiger partial charge in [-0.25, -0.2) is 4.99 Å². The minimum Gasteiger partial charge on any atom is -0.398 e. The smallest absolute Gasteiger partial charge is 0.234 e. The minimum atomic E-state index is -0.393. The van der Waals surface area contributed by atoms with Crippen molar-refractivity contribution in [3.63, 3.8) is 0 Å². The number of hydrogen-bond donors (Lipinski definition) is 3. The molecule has 0 radical (unpaired) electrons. The van der Waals surface area contributed by atoms with Crippen LogP contribution in [0.15, 0.2) is 89.1 Å². The van der Waals surface area contributed by atoms with Crippen molar-refractivity contribution in [1.82, 2.24) is 14.8 Å². The molecular weight excluding hydrogens is 586 g/mol. The van der Waals surface area contributed by atoms with Gasteiger partial charge in [-0.15, -0.1) is 0 Å². The Morgan fingerprint density at radius 1 is 1.09 bits per heavy atom. The molecule has 10 heteroatoms. The summed E-state index contributed by atoms with van der Waals surface area (Å²) in [6.45, 7) is 11.1. The molecule has 3 aliphatic heterocycles. The number of carbonyl (C=O) groups excluding carboxylic acids is 1. The van der Waals surface area contributed by atoms with Gasteiger partial charge >= 0.3 is 0 Å². The maximum atomic E-state index is 14.0. The van der Waals surface area contributed by atoms with Gasteiger partial charge in [0.15, 0.2) is 0 Å². The quantitative estimate of drug-likeness (QED) is 0.181. The molecule has 10 nitrogen and oxygen atoms in total. The van der Waals surface area contributed by atoms with Gasteiger partial charge in [-0.05, 0) is 74.2 Å². The van der Waals surface area contributed by atoms with E-state index in [1.165, 1.54) is 17.5 Å². The summed E-state index contributed by atoms with van der Waals surface area (Å²) in [5.41, 5.74) is 20.3. The van der Waals surface area contributed by atoms with Crippen LogP contribution >= 0.6 is 0 Å². The number of amides is 1. The summed E-state index contributed by atoms with van der Waals surface area (Å²) in [6, 6.07) is 17.5. The lowest BCUT2D eigenvalue weighted by Crippen LogP contribution is -2.38. The van der Waals surface area contributed by atoms with Crippen LogP contribution in [0.1, 0.15) is 47.2 Å². The zero-order chi connectivity index (χ0) is 33.1. The van der Waals surface area contributed by atoms with E-state index < -0.39 is 5.41 Å². The van der Waals surface area contributed by atoms with Crippen LogP contribution in [0.3, 0.4) is 0 Å². The number of aromatic nitrogens is 1. The summed E-state index contributed by atoms with van der Waals surface area (Å²) >= 11 is 0. The van der Waals surface area contributed by atoms with Crippen LogP contribution in [0.25, 0.3) is 5.57 Å². The Morgan fingerprint density at radius 3 is 2.60 bits per heavy atom. The number of rotatable bonds is 9. The lowest BCUT2D eigenvalue weighted by molar-refractivity contribution is -0.125. The van der Waals surface area contributed by atoms with Crippen molar-refractivity contribution in [2.45, 2.75) is 26.2 Å². The number of carbonyl (C=O) groups is 1. The van der Waals surface area contributed by atoms with E-state index in [1.807, 2.05) is 48.2 Å².